The highest BCUT2D eigenvalue weighted by atomic mass is 16.4. The zero-order valence-electron chi connectivity index (χ0n) is 9.97. The van der Waals surface area contributed by atoms with Gasteiger partial charge in [0.25, 0.3) is 0 Å². The molecule has 1 atom stereocenters. The molecule has 0 saturated carbocycles. The quantitative estimate of drug-likeness (QED) is 0.836. The van der Waals surface area contributed by atoms with E-state index in [9.17, 15) is 4.79 Å². The molecule has 18 heavy (non-hydrogen) atoms. The largest absolute Gasteiger partial charge is 0.465 e. The molecular weight excluding hydrogens is 230 g/mol. The Morgan fingerprint density at radius 1 is 1.44 bits per heavy atom. The van der Waals surface area contributed by atoms with Crippen molar-refractivity contribution in [2.75, 3.05) is 18.4 Å². The maximum Gasteiger partial charge on any atom is 0.407 e. The number of nitriles is 1. The van der Waals surface area contributed by atoms with Crippen LogP contribution < -0.4 is 5.32 Å². The Morgan fingerprint density at radius 3 is 2.78 bits per heavy atom. The summed E-state index contributed by atoms with van der Waals surface area (Å²) < 4.78 is 0. The first-order valence-electron chi connectivity index (χ1n) is 5.93. The Labute approximate surface area is 106 Å². The van der Waals surface area contributed by atoms with Crippen LogP contribution in [0.25, 0.3) is 0 Å². The molecule has 5 heteroatoms. The summed E-state index contributed by atoms with van der Waals surface area (Å²) in [5.41, 5.74) is 1.54. The van der Waals surface area contributed by atoms with Crippen LogP contribution in [0.3, 0.4) is 0 Å². The van der Waals surface area contributed by atoms with Crippen molar-refractivity contribution in [3.63, 3.8) is 0 Å². The molecule has 0 radical (unpaired) electrons. The van der Waals surface area contributed by atoms with Gasteiger partial charge in [0.05, 0.1) is 11.6 Å². The molecule has 1 saturated heterocycles. The summed E-state index contributed by atoms with van der Waals surface area (Å²) in [5.74, 6) is 0. The van der Waals surface area contributed by atoms with Gasteiger partial charge in [-0.2, -0.15) is 5.26 Å². The third kappa shape index (κ3) is 2.92. The number of hydrogen-bond donors (Lipinski definition) is 2. The Hall–Kier alpha value is -2.22. The fourth-order valence-corrected chi connectivity index (χ4v) is 2.15. The molecule has 0 spiro atoms. The van der Waals surface area contributed by atoms with Crippen molar-refractivity contribution in [2.24, 2.45) is 0 Å². The van der Waals surface area contributed by atoms with Gasteiger partial charge in [0.15, 0.2) is 0 Å². The van der Waals surface area contributed by atoms with Gasteiger partial charge in [-0.1, -0.05) is 0 Å². The fraction of sp³-hybridized carbons (Fsp3) is 0.385. The van der Waals surface area contributed by atoms with Gasteiger partial charge in [0.2, 0.25) is 0 Å². The lowest BCUT2D eigenvalue weighted by Crippen LogP contribution is -2.44. The second kappa shape index (κ2) is 5.41. The second-order valence-electron chi connectivity index (χ2n) is 4.40. The maximum absolute atomic E-state index is 10.9. The summed E-state index contributed by atoms with van der Waals surface area (Å²) in [5, 5.41) is 21.0. The monoisotopic (exact) mass is 245 g/mol. The summed E-state index contributed by atoms with van der Waals surface area (Å²) in [4.78, 5) is 12.3. The number of carboxylic acid groups (broad SMARTS) is 1. The van der Waals surface area contributed by atoms with E-state index in [2.05, 4.69) is 11.4 Å². The van der Waals surface area contributed by atoms with E-state index in [0.29, 0.717) is 18.7 Å². The molecule has 1 aromatic carbocycles. The summed E-state index contributed by atoms with van der Waals surface area (Å²) >= 11 is 0. The summed E-state index contributed by atoms with van der Waals surface area (Å²) in [6, 6.07) is 9.40. The van der Waals surface area contributed by atoms with Gasteiger partial charge >= 0.3 is 6.09 Å². The lowest BCUT2D eigenvalue weighted by Gasteiger charge is -2.31. The molecule has 1 amide bonds. The first-order valence-corrected chi connectivity index (χ1v) is 5.93. The van der Waals surface area contributed by atoms with Crippen molar-refractivity contribution < 1.29 is 9.90 Å². The van der Waals surface area contributed by atoms with Crippen molar-refractivity contribution in [1.29, 1.82) is 5.26 Å². The van der Waals surface area contributed by atoms with E-state index in [4.69, 9.17) is 10.4 Å². The number of hydrogen-bond acceptors (Lipinski definition) is 3. The zero-order chi connectivity index (χ0) is 13.0. The summed E-state index contributed by atoms with van der Waals surface area (Å²) in [7, 11) is 0. The summed E-state index contributed by atoms with van der Waals surface area (Å²) in [6.45, 7) is 1.12. The fourth-order valence-electron chi connectivity index (χ4n) is 2.15. The van der Waals surface area contributed by atoms with Crippen molar-refractivity contribution in [1.82, 2.24) is 4.90 Å². The molecule has 2 rings (SSSR count). The molecule has 1 aliphatic rings. The Balaban J connectivity index is 1.96. The van der Waals surface area contributed by atoms with E-state index in [1.165, 1.54) is 4.90 Å². The smallest absolute Gasteiger partial charge is 0.407 e. The number of benzene rings is 1. The van der Waals surface area contributed by atoms with Gasteiger partial charge in [0, 0.05) is 24.8 Å². The molecule has 1 fully saturated rings. The molecule has 0 aromatic heterocycles. The SMILES string of the molecule is N#Cc1ccc(NC2CCCN(C(=O)O)C2)cc1. The van der Waals surface area contributed by atoms with E-state index in [1.807, 2.05) is 12.1 Å². The lowest BCUT2D eigenvalue weighted by atomic mass is 10.1. The van der Waals surface area contributed by atoms with Gasteiger partial charge in [-0.25, -0.2) is 4.79 Å². The van der Waals surface area contributed by atoms with E-state index >= 15 is 0 Å². The van der Waals surface area contributed by atoms with Crippen LogP contribution in [0.5, 0.6) is 0 Å². The number of nitrogens with one attached hydrogen (secondary N) is 1. The molecule has 0 bridgehead atoms. The predicted molar refractivity (Wildman–Crippen MR) is 67.4 cm³/mol. The number of piperidine rings is 1. The van der Waals surface area contributed by atoms with Gasteiger partial charge in [-0.15, -0.1) is 0 Å². The highest BCUT2D eigenvalue weighted by molar-refractivity contribution is 5.65. The first kappa shape index (κ1) is 12.2. The third-order valence-electron chi connectivity index (χ3n) is 3.08. The standard InChI is InChI=1S/C13H15N3O2/c14-8-10-3-5-11(6-4-10)15-12-2-1-7-16(9-12)13(17)18/h3-6,12,15H,1-2,7,9H2,(H,17,18). The number of carbonyl (C=O) groups is 1. The van der Waals surface area contributed by atoms with Crippen molar-refractivity contribution >= 4 is 11.8 Å². The maximum atomic E-state index is 10.9. The molecule has 94 valence electrons. The molecule has 1 unspecified atom stereocenters. The lowest BCUT2D eigenvalue weighted by molar-refractivity contribution is 0.133. The van der Waals surface area contributed by atoms with Crippen LogP contribution in [0.15, 0.2) is 24.3 Å². The average Bonchev–Trinajstić information content (AvgIpc) is 2.40. The Bertz CT molecular complexity index is 464. The normalized spacial score (nSPS) is 19.1. The van der Waals surface area contributed by atoms with Crippen LogP contribution in [0.2, 0.25) is 0 Å². The van der Waals surface area contributed by atoms with Crippen LogP contribution >= 0.6 is 0 Å². The number of likely N-dealkylation sites (tertiary alicyclic amines) is 1. The highest BCUT2D eigenvalue weighted by Crippen LogP contribution is 2.16. The first-order chi connectivity index (χ1) is 8.69. The van der Waals surface area contributed by atoms with Gasteiger partial charge in [0.1, 0.15) is 0 Å². The van der Waals surface area contributed by atoms with Crippen LogP contribution in [-0.2, 0) is 0 Å². The van der Waals surface area contributed by atoms with Crippen molar-refractivity contribution in [3.8, 4) is 6.07 Å². The highest BCUT2D eigenvalue weighted by Gasteiger charge is 2.22. The van der Waals surface area contributed by atoms with E-state index in [0.717, 1.165) is 18.5 Å². The van der Waals surface area contributed by atoms with Crippen LogP contribution in [0.4, 0.5) is 10.5 Å². The topological polar surface area (TPSA) is 76.4 Å². The second-order valence-corrected chi connectivity index (χ2v) is 4.40. The van der Waals surface area contributed by atoms with Gasteiger partial charge in [-0.05, 0) is 37.1 Å². The minimum Gasteiger partial charge on any atom is -0.465 e. The number of rotatable bonds is 2. The predicted octanol–water partition coefficient (Wildman–Crippen LogP) is 2.11. The van der Waals surface area contributed by atoms with E-state index in [1.54, 1.807) is 12.1 Å². The van der Waals surface area contributed by atoms with Crippen LogP contribution in [0, 0.1) is 11.3 Å². The molecule has 5 nitrogen and oxygen atoms in total. The van der Waals surface area contributed by atoms with Crippen LogP contribution in [0.1, 0.15) is 18.4 Å². The van der Waals surface area contributed by atoms with Gasteiger partial charge < -0.3 is 15.3 Å². The molecule has 1 aromatic rings. The minimum absolute atomic E-state index is 0.141. The average molecular weight is 245 g/mol. The van der Waals surface area contributed by atoms with Crippen molar-refractivity contribution in [3.05, 3.63) is 29.8 Å². The minimum atomic E-state index is -0.860. The molecular formula is C13H15N3O2. The molecule has 1 aliphatic heterocycles. The van der Waals surface area contributed by atoms with Crippen LogP contribution in [-0.4, -0.2) is 35.2 Å². The van der Waals surface area contributed by atoms with E-state index in [-0.39, 0.29) is 6.04 Å². The molecule has 2 N–H and O–H groups in total. The third-order valence-corrected chi connectivity index (χ3v) is 3.08. The number of anilines is 1. The van der Waals surface area contributed by atoms with E-state index < -0.39 is 6.09 Å². The Kier molecular flexibility index (Phi) is 3.68. The number of nitrogens with zero attached hydrogens (tertiary/aromatic N) is 2. The zero-order valence-corrected chi connectivity index (χ0v) is 9.97. The molecule has 1 heterocycles. The van der Waals surface area contributed by atoms with Gasteiger partial charge in [-0.3, -0.25) is 0 Å². The molecule has 0 aliphatic carbocycles. The summed E-state index contributed by atoms with van der Waals surface area (Å²) in [6.07, 6.45) is 0.977. The van der Waals surface area contributed by atoms with Crippen molar-refractivity contribution in [2.45, 2.75) is 18.9 Å². The Morgan fingerprint density at radius 2 is 2.17 bits per heavy atom. The number of amides is 1.